The van der Waals surface area contributed by atoms with Gasteiger partial charge in [-0.3, -0.25) is 0 Å². The fourth-order valence-corrected chi connectivity index (χ4v) is 2.41. The molecule has 1 aromatic heterocycles. The zero-order chi connectivity index (χ0) is 12.4. The molecule has 0 saturated carbocycles. The highest BCUT2D eigenvalue weighted by atomic mass is 16.3. The number of aliphatic hydroxyl groups excluding tert-OH is 1. The van der Waals surface area contributed by atoms with Crippen molar-refractivity contribution in [2.45, 2.75) is 32.4 Å². The normalized spacial score (nSPS) is 26.2. The number of rotatable bonds is 3. The minimum absolute atomic E-state index is 0.0164. The van der Waals surface area contributed by atoms with Crippen LogP contribution in [0.1, 0.15) is 31.9 Å². The van der Waals surface area contributed by atoms with Crippen LogP contribution in [-0.2, 0) is 0 Å². The molecule has 1 aromatic rings. The summed E-state index contributed by atoms with van der Waals surface area (Å²) in [5.41, 5.74) is 6.84. The Morgan fingerprint density at radius 1 is 1.59 bits per heavy atom. The quantitative estimate of drug-likeness (QED) is 0.829. The first-order valence-corrected chi connectivity index (χ1v) is 6.22. The van der Waals surface area contributed by atoms with Crippen LogP contribution in [0.15, 0.2) is 18.3 Å². The molecule has 4 heteroatoms. The highest BCUT2D eigenvalue weighted by Crippen LogP contribution is 2.28. The third-order valence-corrected chi connectivity index (χ3v) is 3.66. The number of anilines is 1. The van der Waals surface area contributed by atoms with Crippen LogP contribution in [0.3, 0.4) is 0 Å². The fraction of sp³-hybridized carbons (Fsp3) is 0.615. The van der Waals surface area contributed by atoms with Crippen molar-refractivity contribution < 1.29 is 5.11 Å². The average molecular weight is 235 g/mol. The molecular weight excluding hydrogens is 214 g/mol. The summed E-state index contributed by atoms with van der Waals surface area (Å²) in [6.07, 6.45) is 2.94. The zero-order valence-electron chi connectivity index (χ0n) is 10.5. The summed E-state index contributed by atoms with van der Waals surface area (Å²) in [5.74, 6) is 1.47. The summed E-state index contributed by atoms with van der Waals surface area (Å²) in [6, 6.07) is 4.23. The van der Waals surface area contributed by atoms with E-state index in [4.69, 9.17) is 5.73 Å². The molecule has 0 spiro atoms. The number of hydrogen-bond acceptors (Lipinski definition) is 4. The van der Waals surface area contributed by atoms with Gasteiger partial charge in [0.1, 0.15) is 5.82 Å². The van der Waals surface area contributed by atoms with Gasteiger partial charge in [0.25, 0.3) is 0 Å². The molecule has 2 rings (SSSR count). The average Bonchev–Trinajstić information content (AvgIpc) is 2.70. The number of nitrogens with two attached hydrogens (primary N) is 1. The van der Waals surface area contributed by atoms with E-state index in [1.807, 2.05) is 25.3 Å². The van der Waals surface area contributed by atoms with Crippen LogP contribution in [0, 0.1) is 5.92 Å². The van der Waals surface area contributed by atoms with Crippen LogP contribution >= 0.6 is 0 Å². The summed E-state index contributed by atoms with van der Waals surface area (Å²) in [6.45, 7) is 5.29. The molecular formula is C13H21N3O. The lowest BCUT2D eigenvalue weighted by atomic mass is 10.0. The molecule has 2 heterocycles. The predicted molar refractivity (Wildman–Crippen MR) is 68.8 cm³/mol. The number of aromatic nitrogens is 1. The highest BCUT2D eigenvalue weighted by molar-refractivity contribution is 5.42. The first kappa shape index (κ1) is 12.3. The molecule has 0 amide bonds. The summed E-state index contributed by atoms with van der Waals surface area (Å²) < 4.78 is 0. The van der Waals surface area contributed by atoms with E-state index in [9.17, 15) is 5.11 Å². The van der Waals surface area contributed by atoms with Crippen LogP contribution in [0.2, 0.25) is 0 Å². The Hall–Kier alpha value is -1.13. The second-order valence-electron chi connectivity index (χ2n) is 4.95. The highest BCUT2D eigenvalue weighted by Gasteiger charge is 2.31. The number of pyridine rings is 1. The topological polar surface area (TPSA) is 62.4 Å². The van der Waals surface area contributed by atoms with E-state index in [1.165, 1.54) is 0 Å². The van der Waals surface area contributed by atoms with Gasteiger partial charge in [-0.05, 0) is 30.9 Å². The van der Waals surface area contributed by atoms with Gasteiger partial charge in [0.15, 0.2) is 0 Å². The Balaban J connectivity index is 2.17. The number of nitrogens with zero attached hydrogens (tertiary/aromatic N) is 2. The molecule has 1 saturated heterocycles. The lowest BCUT2D eigenvalue weighted by Gasteiger charge is -2.26. The lowest BCUT2D eigenvalue weighted by molar-refractivity contribution is 0.244. The molecule has 0 aliphatic carbocycles. The van der Waals surface area contributed by atoms with Gasteiger partial charge in [-0.1, -0.05) is 13.0 Å². The van der Waals surface area contributed by atoms with Crippen LogP contribution in [0.4, 0.5) is 5.82 Å². The van der Waals surface area contributed by atoms with Crippen molar-refractivity contribution in [3.63, 3.8) is 0 Å². The third-order valence-electron chi connectivity index (χ3n) is 3.66. The van der Waals surface area contributed by atoms with Gasteiger partial charge < -0.3 is 15.7 Å². The van der Waals surface area contributed by atoms with E-state index in [0.717, 1.165) is 24.3 Å². The standard InChI is InChI=1S/C13H21N3O/c1-9-5-6-16(12(9)8-17)13-4-3-11(7-15-13)10(2)14/h3-4,7,9-10,12,17H,5-6,8,14H2,1-2H3/t9?,10-,12?/m1/s1. The molecule has 0 radical (unpaired) electrons. The predicted octanol–water partition coefficient (Wildman–Crippen LogP) is 1.31. The molecule has 0 aromatic carbocycles. The van der Waals surface area contributed by atoms with Gasteiger partial charge in [0, 0.05) is 18.8 Å². The zero-order valence-corrected chi connectivity index (χ0v) is 10.5. The van der Waals surface area contributed by atoms with Crippen molar-refractivity contribution in [3.05, 3.63) is 23.9 Å². The van der Waals surface area contributed by atoms with Crippen molar-refractivity contribution in [1.29, 1.82) is 0 Å². The molecule has 1 fully saturated rings. The molecule has 3 atom stereocenters. The Labute approximate surface area is 102 Å². The minimum atomic E-state index is 0.0164. The molecule has 1 aliphatic heterocycles. The minimum Gasteiger partial charge on any atom is -0.394 e. The van der Waals surface area contributed by atoms with Gasteiger partial charge in [0.2, 0.25) is 0 Å². The Bertz CT molecular complexity index is 363. The number of hydrogen-bond donors (Lipinski definition) is 2. The second kappa shape index (κ2) is 5.02. The Kier molecular flexibility index (Phi) is 3.64. The van der Waals surface area contributed by atoms with Crippen LogP contribution in [0.5, 0.6) is 0 Å². The molecule has 0 bridgehead atoms. The molecule has 94 valence electrons. The van der Waals surface area contributed by atoms with E-state index in [0.29, 0.717) is 5.92 Å². The third kappa shape index (κ3) is 2.42. The maximum absolute atomic E-state index is 9.42. The van der Waals surface area contributed by atoms with Crippen molar-refractivity contribution in [2.75, 3.05) is 18.1 Å². The molecule has 3 N–H and O–H groups in total. The van der Waals surface area contributed by atoms with Gasteiger partial charge in [-0.25, -0.2) is 4.98 Å². The number of aliphatic hydroxyl groups is 1. The van der Waals surface area contributed by atoms with Crippen molar-refractivity contribution in [3.8, 4) is 0 Å². The van der Waals surface area contributed by atoms with Gasteiger partial charge in [0.05, 0.1) is 12.6 Å². The van der Waals surface area contributed by atoms with E-state index >= 15 is 0 Å². The molecule has 2 unspecified atom stereocenters. The lowest BCUT2D eigenvalue weighted by Crippen LogP contribution is -2.35. The second-order valence-corrected chi connectivity index (χ2v) is 4.95. The van der Waals surface area contributed by atoms with E-state index in [1.54, 1.807) is 0 Å². The Morgan fingerprint density at radius 3 is 2.88 bits per heavy atom. The first-order chi connectivity index (χ1) is 8.13. The van der Waals surface area contributed by atoms with Crippen molar-refractivity contribution in [2.24, 2.45) is 11.7 Å². The Morgan fingerprint density at radius 2 is 2.35 bits per heavy atom. The summed E-state index contributed by atoms with van der Waals surface area (Å²) >= 11 is 0. The van der Waals surface area contributed by atoms with Gasteiger partial charge in [-0.15, -0.1) is 0 Å². The SMILES string of the molecule is CC1CCN(c2ccc([C@@H](C)N)cn2)C1CO. The van der Waals surface area contributed by atoms with Crippen molar-refractivity contribution >= 4 is 5.82 Å². The van der Waals surface area contributed by atoms with Crippen LogP contribution in [0.25, 0.3) is 0 Å². The van der Waals surface area contributed by atoms with E-state index in [2.05, 4.69) is 16.8 Å². The van der Waals surface area contributed by atoms with Crippen LogP contribution in [-0.4, -0.2) is 29.3 Å². The molecule has 17 heavy (non-hydrogen) atoms. The first-order valence-electron chi connectivity index (χ1n) is 6.22. The van der Waals surface area contributed by atoms with Crippen molar-refractivity contribution in [1.82, 2.24) is 4.98 Å². The van der Waals surface area contributed by atoms with Gasteiger partial charge in [-0.2, -0.15) is 0 Å². The van der Waals surface area contributed by atoms with Crippen LogP contribution < -0.4 is 10.6 Å². The van der Waals surface area contributed by atoms with Gasteiger partial charge >= 0.3 is 0 Å². The monoisotopic (exact) mass is 235 g/mol. The summed E-state index contributed by atoms with van der Waals surface area (Å²) in [4.78, 5) is 6.64. The van der Waals surface area contributed by atoms with E-state index < -0.39 is 0 Å². The summed E-state index contributed by atoms with van der Waals surface area (Å²) in [5, 5.41) is 9.42. The smallest absolute Gasteiger partial charge is 0.128 e. The van der Waals surface area contributed by atoms with E-state index in [-0.39, 0.29) is 18.7 Å². The maximum Gasteiger partial charge on any atom is 0.128 e. The molecule has 4 nitrogen and oxygen atoms in total. The maximum atomic E-state index is 9.42. The summed E-state index contributed by atoms with van der Waals surface area (Å²) in [7, 11) is 0. The fourth-order valence-electron chi connectivity index (χ4n) is 2.41. The molecule has 1 aliphatic rings. The largest absolute Gasteiger partial charge is 0.394 e.